The maximum absolute atomic E-state index is 14.8. The Kier molecular flexibility index (Phi) is 6.69. The topological polar surface area (TPSA) is 61.4 Å². The van der Waals surface area contributed by atoms with Crippen molar-refractivity contribution in [3.63, 3.8) is 0 Å². The number of rotatable bonds is 3. The number of amides is 2. The highest BCUT2D eigenvalue weighted by Crippen LogP contribution is 2.27. The Labute approximate surface area is 173 Å². The molecule has 1 atom stereocenters. The van der Waals surface area contributed by atoms with Gasteiger partial charge < -0.3 is 15.5 Å². The van der Waals surface area contributed by atoms with Gasteiger partial charge in [-0.05, 0) is 60.9 Å². The second kappa shape index (κ2) is 9.03. The Bertz CT molecular complexity index is 859. The lowest BCUT2D eigenvalue weighted by Gasteiger charge is -2.34. The molecule has 0 radical (unpaired) electrons. The van der Waals surface area contributed by atoms with Crippen LogP contribution in [-0.2, 0) is 17.8 Å². The lowest BCUT2D eigenvalue weighted by Crippen LogP contribution is -2.49. The lowest BCUT2D eigenvalue weighted by molar-refractivity contribution is -0.121. The van der Waals surface area contributed by atoms with Gasteiger partial charge in [-0.3, -0.25) is 9.59 Å². The van der Waals surface area contributed by atoms with Crippen molar-refractivity contribution >= 4 is 41.2 Å². The van der Waals surface area contributed by atoms with E-state index in [0.717, 1.165) is 24.9 Å². The number of thiophene rings is 1. The van der Waals surface area contributed by atoms with Crippen molar-refractivity contribution in [2.75, 3.05) is 18.4 Å². The number of hydrogen-bond acceptors (Lipinski definition) is 4. The van der Waals surface area contributed by atoms with E-state index in [0.29, 0.717) is 36.4 Å². The summed E-state index contributed by atoms with van der Waals surface area (Å²) in [6.45, 7) is 1.92. The summed E-state index contributed by atoms with van der Waals surface area (Å²) in [6, 6.07) is 6.51. The largest absolute Gasteiger partial charge is 0.326 e. The van der Waals surface area contributed by atoms with Gasteiger partial charge in [0.05, 0.1) is 10.6 Å². The first-order valence-corrected chi connectivity index (χ1v) is 10.2. The summed E-state index contributed by atoms with van der Waals surface area (Å²) in [5.41, 5.74) is 1.81. The molecule has 2 aliphatic heterocycles. The number of benzene rings is 1. The number of nitrogens with zero attached hydrogens (tertiary/aromatic N) is 1. The van der Waals surface area contributed by atoms with Gasteiger partial charge in [-0.1, -0.05) is 12.1 Å². The maximum Gasteiger partial charge on any atom is 0.264 e. The van der Waals surface area contributed by atoms with Crippen LogP contribution in [0.2, 0.25) is 0 Å². The number of halogens is 2. The Morgan fingerprint density at radius 1 is 1.25 bits per heavy atom. The number of fused-ring (bicyclic) bond motifs is 1. The standard InChI is InChI=1S/C20H22FN3O2S.ClH/c21-18-14-8-9-22-12-13(14)6-7-15(18)23-19(25)16-4-1-2-10-24(16)20(26)17-5-3-11-27-17;/h3,5-7,11,16,22H,1-2,4,8-10,12H2,(H,23,25);1H. The number of anilines is 1. The van der Waals surface area contributed by atoms with Gasteiger partial charge in [0.25, 0.3) is 5.91 Å². The van der Waals surface area contributed by atoms with E-state index in [1.165, 1.54) is 11.3 Å². The van der Waals surface area contributed by atoms with E-state index in [1.807, 2.05) is 17.5 Å². The van der Waals surface area contributed by atoms with E-state index in [1.54, 1.807) is 17.0 Å². The van der Waals surface area contributed by atoms with Crippen LogP contribution in [-0.4, -0.2) is 35.8 Å². The normalized spacial score (nSPS) is 18.8. The first kappa shape index (κ1) is 20.8. The molecule has 3 heterocycles. The molecular formula is C20H23ClFN3O2S. The fourth-order valence-electron chi connectivity index (χ4n) is 3.84. The van der Waals surface area contributed by atoms with Crippen molar-refractivity contribution in [3.05, 3.63) is 51.5 Å². The average Bonchev–Trinajstić information content (AvgIpc) is 3.24. The van der Waals surface area contributed by atoms with Crippen LogP contribution in [0.25, 0.3) is 0 Å². The molecule has 150 valence electrons. The Morgan fingerprint density at radius 2 is 2.11 bits per heavy atom. The minimum Gasteiger partial charge on any atom is -0.326 e. The molecule has 1 unspecified atom stereocenters. The predicted octanol–water partition coefficient (Wildman–Crippen LogP) is 3.59. The van der Waals surface area contributed by atoms with Crippen LogP contribution in [0.15, 0.2) is 29.6 Å². The van der Waals surface area contributed by atoms with Crippen molar-refractivity contribution in [2.24, 2.45) is 0 Å². The van der Waals surface area contributed by atoms with Crippen molar-refractivity contribution in [1.82, 2.24) is 10.2 Å². The molecule has 2 aromatic rings. The molecule has 2 amide bonds. The van der Waals surface area contributed by atoms with Crippen LogP contribution in [0.5, 0.6) is 0 Å². The predicted molar refractivity (Wildman–Crippen MR) is 111 cm³/mol. The molecule has 1 saturated heterocycles. The van der Waals surface area contributed by atoms with Gasteiger partial charge in [-0.2, -0.15) is 0 Å². The van der Waals surface area contributed by atoms with Crippen LogP contribution in [0.4, 0.5) is 10.1 Å². The Hall–Kier alpha value is -1.96. The monoisotopic (exact) mass is 423 g/mol. The minimum atomic E-state index is -0.564. The van der Waals surface area contributed by atoms with Gasteiger partial charge in [-0.25, -0.2) is 4.39 Å². The molecule has 0 bridgehead atoms. The van der Waals surface area contributed by atoms with Crippen LogP contribution in [0.1, 0.15) is 40.1 Å². The third kappa shape index (κ3) is 4.06. The molecule has 4 rings (SSSR count). The summed E-state index contributed by atoms with van der Waals surface area (Å²) < 4.78 is 14.8. The molecule has 0 aliphatic carbocycles. The number of carbonyl (C=O) groups is 2. The van der Waals surface area contributed by atoms with E-state index in [-0.39, 0.29) is 35.7 Å². The van der Waals surface area contributed by atoms with Gasteiger partial charge >= 0.3 is 0 Å². The smallest absolute Gasteiger partial charge is 0.264 e. The first-order valence-electron chi connectivity index (χ1n) is 9.31. The number of likely N-dealkylation sites (tertiary alicyclic amines) is 1. The number of carbonyl (C=O) groups excluding carboxylic acids is 2. The second-order valence-electron chi connectivity index (χ2n) is 6.97. The quantitative estimate of drug-likeness (QED) is 0.793. The summed E-state index contributed by atoms with van der Waals surface area (Å²) in [4.78, 5) is 27.9. The number of nitrogens with one attached hydrogen (secondary N) is 2. The fraction of sp³-hybridized carbons (Fsp3) is 0.400. The highest BCUT2D eigenvalue weighted by molar-refractivity contribution is 7.12. The molecule has 0 saturated carbocycles. The van der Waals surface area contributed by atoms with Crippen molar-refractivity contribution in [3.8, 4) is 0 Å². The Balaban J connectivity index is 0.00000225. The van der Waals surface area contributed by atoms with Crippen LogP contribution in [0.3, 0.4) is 0 Å². The molecule has 8 heteroatoms. The minimum absolute atomic E-state index is 0. The van der Waals surface area contributed by atoms with E-state index in [9.17, 15) is 14.0 Å². The highest BCUT2D eigenvalue weighted by atomic mass is 35.5. The molecular weight excluding hydrogens is 401 g/mol. The molecule has 28 heavy (non-hydrogen) atoms. The molecule has 2 N–H and O–H groups in total. The van der Waals surface area contributed by atoms with Crippen LogP contribution < -0.4 is 10.6 Å². The summed E-state index contributed by atoms with van der Waals surface area (Å²) in [6.07, 6.45) is 2.96. The van der Waals surface area contributed by atoms with Crippen molar-refractivity contribution in [1.29, 1.82) is 0 Å². The fourth-order valence-corrected chi connectivity index (χ4v) is 4.51. The summed E-state index contributed by atoms with van der Waals surface area (Å²) >= 11 is 1.37. The zero-order valence-electron chi connectivity index (χ0n) is 15.4. The van der Waals surface area contributed by atoms with Gasteiger partial charge in [0.2, 0.25) is 5.91 Å². The SMILES string of the molecule is Cl.O=C(Nc1ccc2c(c1F)CCNC2)C1CCCCN1C(=O)c1cccs1. The molecule has 2 aliphatic rings. The molecule has 0 spiro atoms. The van der Waals surface area contributed by atoms with Gasteiger partial charge in [-0.15, -0.1) is 23.7 Å². The first-order chi connectivity index (χ1) is 13.1. The molecule has 1 fully saturated rings. The summed E-state index contributed by atoms with van der Waals surface area (Å²) in [5.74, 6) is -0.788. The van der Waals surface area contributed by atoms with E-state index < -0.39 is 6.04 Å². The van der Waals surface area contributed by atoms with Gasteiger partial charge in [0.1, 0.15) is 11.9 Å². The third-order valence-corrected chi connectivity index (χ3v) is 6.12. The highest BCUT2D eigenvalue weighted by Gasteiger charge is 2.33. The third-order valence-electron chi connectivity index (χ3n) is 5.26. The van der Waals surface area contributed by atoms with Crippen molar-refractivity contribution < 1.29 is 14.0 Å². The Morgan fingerprint density at radius 3 is 2.89 bits per heavy atom. The van der Waals surface area contributed by atoms with E-state index in [4.69, 9.17) is 0 Å². The maximum atomic E-state index is 14.8. The van der Waals surface area contributed by atoms with Gasteiger partial charge in [0, 0.05) is 13.1 Å². The number of piperidine rings is 1. The summed E-state index contributed by atoms with van der Waals surface area (Å²) in [5, 5.41) is 7.80. The van der Waals surface area contributed by atoms with Crippen LogP contribution >= 0.6 is 23.7 Å². The zero-order chi connectivity index (χ0) is 18.8. The van der Waals surface area contributed by atoms with Crippen molar-refractivity contribution in [2.45, 2.75) is 38.3 Å². The molecule has 5 nitrogen and oxygen atoms in total. The van der Waals surface area contributed by atoms with Gasteiger partial charge in [0.15, 0.2) is 0 Å². The second-order valence-corrected chi connectivity index (χ2v) is 7.92. The average molecular weight is 424 g/mol. The molecule has 1 aromatic carbocycles. The number of hydrogen-bond donors (Lipinski definition) is 2. The van der Waals surface area contributed by atoms with Crippen LogP contribution in [0, 0.1) is 5.82 Å². The zero-order valence-corrected chi connectivity index (χ0v) is 17.0. The van der Waals surface area contributed by atoms with E-state index in [2.05, 4.69) is 10.6 Å². The lowest BCUT2D eigenvalue weighted by atomic mass is 9.98. The summed E-state index contributed by atoms with van der Waals surface area (Å²) in [7, 11) is 0. The van der Waals surface area contributed by atoms with E-state index >= 15 is 0 Å². The molecule has 1 aromatic heterocycles.